The van der Waals surface area contributed by atoms with E-state index in [0.717, 1.165) is 56.7 Å². The van der Waals surface area contributed by atoms with Gasteiger partial charge in [0.05, 0.1) is 12.6 Å². The van der Waals surface area contributed by atoms with Gasteiger partial charge in [0.25, 0.3) is 0 Å². The lowest BCUT2D eigenvalue weighted by Gasteiger charge is -2.38. The van der Waals surface area contributed by atoms with Gasteiger partial charge in [0, 0.05) is 45.3 Å². The Labute approximate surface area is 163 Å². The van der Waals surface area contributed by atoms with E-state index in [0.29, 0.717) is 0 Å². The molecule has 6 heteroatoms. The first-order valence-electron chi connectivity index (χ1n) is 11.0. The number of hydrogen-bond acceptors (Lipinski definition) is 6. The van der Waals surface area contributed by atoms with E-state index in [4.69, 9.17) is 0 Å². The molecular formula is C21H35N5O. The number of rotatable bonds is 5. The maximum atomic E-state index is 9.70. The molecule has 2 aliphatic heterocycles. The number of hydrogen-bond donors (Lipinski definition) is 1. The largest absolute Gasteiger partial charge is 0.394 e. The SMILES string of the molecule is OCC1CCCCN1c1cc(N2CCN(CC3CCCCC3)CC2)ncn1. The lowest BCUT2D eigenvalue weighted by Crippen LogP contribution is -2.48. The van der Waals surface area contributed by atoms with Gasteiger partial charge >= 0.3 is 0 Å². The highest BCUT2D eigenvalue weighted by atomic mass is 16.3. The van der Waals surface area contributed by atoms with Crippen LogP contribution in [-0.2, 0) is 0 Å². The van der Waals surface area contributed by atoms with Crippen molar-refractivity contribution in [2.24, 2.45) is 5.92 Å². The smallest absolute Gasteiger partial charge is 0.134 e. The van der Waals surface area contributed by atoms with E-state index in [1.165, 1.54) is 51.5 Å². The summed E-state index contributed by atoms with van der Waals surface area (Å²) in [6.07, 6.45) is 12.3. The second-order valence-electron chi connectivity index (χ2n) is 8.55. The molecule has 3 heterocycles. The standard InChI is InChI=1S/C21H35N5O/c27-16-19-8-4-5-9-26(19)21-14-20(22-17-23-21)25-12-10-24(11-13-25)15-18-6-2-1-3-7-18/h14,17-19,27H,1-13,15-16H2. The van der Waals surface area contributed by atoms with Crippen LogP contribution in [0.5, 0.6) is 0 Å². The van der Waals surface area contributed by atoms with E-state index in [-0.39, 0.29) is 12.6 Å². The van der Waals surface area contributed by atoms with Crippen LogP contribution in [0.15, 0.2) is 12.4 Å². The van der Waals surface area contributed by atoms with E-state index in [2.05, 4.69) is 30.7 Å². The second kappa shape index (κ2) is 9.20. The third-order valence-electron chi connectivity index (χ3n) is 6.71. The van der Waals surface area contributed by atoms with Gasteiger partial charge in [-0.2, -0.15) is 0 Å². The summed E-state index contributed by atoms with van der Waals surface area (Å²) in [7, 11) is 0. The predicted molar refractivity (Wildman–Crippen MR) is 109 cm³/mol. The van der Waals surface area contributed by atoms with Crippen molar-refractivity contribution in [3.05, 3.63) is 12.4 Å². The fourth-order valence-electron chi connectivity index (χ4n) is 5.05. The molecule has 0 spiro atoms. The number of nitrogens with zero attached hydrogens (tertiary/aromatic N) is 5. The molecule has 1 aliphatic carbocycles. The molecule has 1 N–H and O–H groups in total. The Kier molecular flexibility index (Phi) is 6.45. The molecule has 1 atom stereocenters. The third-order valence-corrected chi connectivity index (χ3v) is 6.71. The first-order chi connectivity index (χ1) is 13.3. The van der Waals surface area contributed by atoms with Crippen LogP contribution in [-0.4, -0.2) is 71.9 Å². The van der Waals surface area contributed by atoms with E-state index < -0.39 is 0 Å². The van der Waals surface area contributed by atoms with Gasteiger partial charge in [0.15, 0.2) is 0 Å². The van der Waals surface area contributed by atoms with Gasteiger partial charge < -0.3 is 14.9 Å². The van der Waals surface area contributed by atoms with Crippen molar-refractivity contribution < 1.29 is 5.11 Å². The predicted octanol–water partition coefficient (Wildman–Crippen LogP) is 2.53. The molecule has 27 heavy (non-hydrogen) atoms. The van der Waals surface area contributed by atoms with Crippen LogP contribution in [0.2, 0.25) is 0 Å². The Hall–Kier alpha value is -1.40. The molecule has 1 aromatic heterocycles. The maximum Gasteiger partial charge on any atom is 0.134 e. The molecule has 6 nitrogen and oxygen atoms in total. The van der Waals surface area contributed by atoms with Crippen LogP contribution in [0.1, 0.15) is 51.4 Å². The number of aliphatic hydroxyl groups excluding tert-OH is 1. The van der Waals surface area contributed by atoms with Gasteiger partial charge in [-0.15, -0.1) is 0 Å². The van der Waals surface area contributed by atoms with Crippen molar-refractivity contribution in [1.29, 1.82) is 0 Å². The van der Waals surface area contributed by atoms with Crippen LogP contribution in [0.4, 0.5) is 11.6 Å². The van der Waals surface area contributed by atoms with E-state index >= 15 is 0 Å². The molecule has 0 bridgehead atoms. The molecule has 1 unspecified atom stereocenters. The normalized spacial score (nSPS) is 25.7. The number of anilines is 2. The zero-order valence-electron chi connectivity index (χ0n) is 16.6. The molecule has 3 aliphatic rings. The Balaban J connectivity index is 1.34. The quantitative estimate of drug-likeness (QED) is 0.856. The van der Waals surface area contributed by atoms with Crippen molar-refractivity contribution >= 4 is 11.6 Å². The lowest BCUT2D eigenvalue weighted by molar-refractivity contribution is 0.191. The fourth-order valence-corrected chi connectivity index (χ4v) is 5.05. The summed E-state index contributed by atoms with van der Waals surface area (Å²) in [5.41, 5.74) is 0. The molecule has 2 saturated heterocycles. The highest BCUT2D eigenvalue weighted by Crippen LogP contribution is 2.27. The minimum absolute atomic E-state index is 0.203. The summed E-state index contributed by atoms with van der Waals surface area (Å²) in [5, 5.41) is 9.70. The van der Waals surface area contributed by atoms with Crippen molar-refractivity contribution in [1.82, 2.24) is 14.9 Å². The van der Waals surface area contributed by atoms with Crippen LogP contribution >= 0.6 is 0 Å². The van der Waals surface area contributed by atoms with Crippen molar-refractivity contribution in [3.63, 3.8) is 0 Å². The molecule has 4 rings (SSSR count). The molecule has 1 saturated carbocycles. The molecule has 0 radical (unpaired) electrons. The summed E-state index contributed by atoms with van der Waals surface area (Å²) in [6.45, 7) is 6.85. The topological polar surface area (TPSA) is 55.7 Å². The molecule has 1 aromatic rings. The van der Waals surface area contributed by atoms with Crippen LogP contribution in [0.25, 0.3) is 0 Å². The Morgan fingerprint density at radius 1 is 0.852 bits per heavy atom. The third kappa shape index (κ3) is 4.72. The fraction of sp³-hybridized carbons (Fsp3) is 0.810. The lowest BCUT2D eigenvalue weighted by atomic mass is 9.89. The van der Waals surface area contributed by atoms with Crippen LogP contribution in [0.3, 0.4) is 0 Å². The molecule has 3 fully saturated rings. The van der Waals surface area contributed by atoms with Gasteiger partial charge in [0.1, 0.15) is 18.0 Å². The summed E-state index contributed by atoms with van der Waals surface area (Å²) >= 11 is 0. The zero-order valence-corrected chi connectivity index (χ0v) is 16.6. The van der Waals surface area contributed by atoms with Crippen molar-refractivity contribution in [3.8, 4) is 0 Å². The molecule has 150 valence electrons. The van der Waals surface area contributed by atoms with E-state index in [1.54, 1.807) is 6.33 Å². The number of aliphatic hydroxyl groups is 1. The minimum Gasteiger partial charge on any atom is -0.394 e. The van der Waals surface area contributed by atoms with Gasteiger partial charge in [0.2, 0.25) is 0 Å². The molecule has 0 aromatic carbocycles. The van der Waals surface area contributed by atoms with Crippen molar-refractivity contribution in [2.45, 2.75) is 57.4 Å². The summed E-state index contributed by atoms with van der Waals surface area (Å²) in [5.74, 6) is 2.94. The van der Waals surface area contributed by atoms with Crippen molar-refractivity contribution in [2.75, 3.05) is 55.7 Å². The van der Waals surface area contributed by atoms with Crippen LogP contribution < -0.4 is 9.80 Å². The summed E-state index contributed by atoms with van der Waals surface area (Å²) in [6, 6.07) is 2.33. The highest BCUT2D eigenvalue weighted by Gasteiger charge is 2.25. The Morgan fingerprint density at radius 3 is 2.37 bits per heavy atom. The summed E-state index contributed by atoms with van der Waals surface area (Å²) in [4.78, 5) is 16.4. The number of piperazine rings is 1. The van der Waals surface area contributed by atoms with Gasteiger partial charge in [-0.3, -0.25) is 4.90 Å². The van der Waals surface area contributed by atoms with Gasteiger partial charge in [-0.1, -0.05) is 19.3 Å². The van der Waals surface area contributed by atoms with E-state index in [9.17, 15) is 5.11 Å². The molecule has 0 amide bonds. The minimum atomic E-state index is 0.203. The van der Waals surface area contributed by atoms with Gasteiger partial charge in [-0.05, 0) is 38.0 Å². The Morgan fingerprint density at radius 2 is 1.59 bits per heavy atom. The zero-order chi connectivity index (χ0) is 18.5. The van der Waals surface area contributed by atoms with Gasteiger partial charge in [-0.25, -0.2) is 9.97 Å². The number of aromatic nitrogens is 2. The maximum absolute atomic E-state index is 9.70. The average molecular weight is 374 g/mol. The second-order valence-corrected chi connectivity index (χ2v) is 8.55. The monoisotopic (exact) mass is 373 g/mol. The summed E-state index contributed by atoms with van der Waals surface area (Å²) < 4.78 is 0. The highest BCUT2D eigenvalue weighted by molar-refractivity contribution is 5.51. The average Bonchev–Trinajstić information content (AvgIpc) is 2.75. The van der Waals surface area contributed by atoms with Crippen LogP contribution in [0, 0.1) is 5.92 Å². The molecular weight excluding hydrogens is 338 g/mol. The van der Waals surface area contributed by atoms with E-state index in [1.807, 2.05) is 0 Å². The first-order valence-corrected chi connectivity index (χ1v) is 11.0. The number of piperidine rings is 1. The Bertz CT molecular complexity index is 584. The first kappa shape index (κ1) is 18.9.